The molecule has 1 unspecified atom stereocenters. The smallest absolute Gasteiger partial charge is 0.106 e. The Balaban J connectivity index is 1.74. The van der Waals surface area contributed by atoms with Gasteiger partial charge in [0.1, 0.15) is 5.60 Å². The van der Waals surface area contributed by atoms with Crippen LogP contribution in [0.4, 0.5) is 0 Å². The standard InChI is InChI=1S/C17H33NO2/c1-5-16(2,3)14-6-8-15(9-7-14)18-12-17(19-4)10-11-20-13-17/h14-15,18H,5-13H2,1-4H3. The summed E-state index contributed by atoms with van der Waals surface area (Å²) in [5.74, 6) is 0.900. The van der Waals surface area contributed by atoms with Gasteiger partial charge < -0.3 is 14.8 Å². The third kappa shape index (κ3) is 3.75. The van der Waals surface area contributed by atoms with Crippen LogP contribution < -0.4 is 5.32 Å². The van der Waals surface area contributed by atoms with E-state index < -0.39 is 0 Å². The molecule has 0 bridgehead atoms. The average Bonchev–Trinajstić information content (AvgIpc) is 2.95. The zero-order valence-corrected chi connectivity index (χ0v) is 13.8. The van der Waals surface area contributed by atoms with Crippen LogP contribution in [0.15, 0.2) is 0 Å². The Morgan fingerprint density at radius 2 is 1.95 bits per heavy atom. The lowest BCUT2D eigenvalue weighted by atomic mass is 9.69. The molecule has 0 aromatic carbocycles. The SMILES string of the molecule is CCC(C)(C)C1CCC(NCC2(OC)CCOC2)CC1. The second-order valence-electron chi connectivity index (χ2n) is 7.46. The topological polar surface area (TPSA) is 30.5 Å². The molecule has 1 aliphatic carbocycles. The highest BCUT2D eigenvalue weighted by atomic mass is 16.5. The van der Waals surface area contributed by atoms with Crippen molar-refractivity contribution in [3.8, 4) is 0 Å². The first-order chi connectivity index (χ1) is 9.51. The van der Waals surface area contributed by atoms with Gasteiger partial charge in [0, 0.05) is 32.7 Å². The van der Waals surface area contributed by atoms with E-state index in [9.17, 15) is 0 Å². The van der Waals surface area contributed by atoms with E-state index in [1.807, 2.05) is 7.11 Å². The lowest BCUT2D eigenvalue weighted by Gasteiger charge is -2.40. The van der Waals surface area contributed by atoms with Crippen LogP contribution in [-0.4, -0.2) is 38.5 Å². The highest BCUT2D eigenvalue weighted by Gasteiger charge is 2.36. The van der Waals surface area contributed by atoms with E-state index in [0.29, 0.717) is 11.5 Å². The third-order valence-electron chi connectivity index (χ3n) is 5.96. The molecule has 1 N–H and O–H groups in total. The maximum absolute atomic E-state index is 5.70. The maximum atomic E-state index is 5.70. The van der Waals surface area contributed by atoms with E-state index in [-0.39, 0.29) is 5.60 Å². The van der Waals surface area contributed by atoms with E-state index in [2.05, 4.69) is 26.1 Å². The Bertz CT molecular complexity index is 289. The molecule has 1 atom stereocenters. The monoisotopic (exact) mass is 283 g/mol. The molecule has 0 aromatic rings. The van der Waals surface area contributed by atoms with Crippen LogP contribution in [0.2, 0.25) is 0 Å². The number of methoxy groups -OCH3 is 1. The molecule has 0 spiro atoms. The summed E-state index contributed by atoms with van der Waals surface area (Å²) in [5.41, 5.74) is 0.442. The van der Waals surface area contributed by atoms with E-state index in [4.69, 9.17) is 9.47 Å². The molecule has 0 radical (unpaired) electrons. The summed E-state index contributed by atoms with van der Waals surface area (Å²) in [7, 11) is 1.82. The summed E-state index contributed by atoms with van der Waals surface area (Å²) in [4.78, 5) is 0. The molecule has 118 valence electrons. The van der Waals surface area contributed by atoms with Crippen molar-refractivity contribution in [3.05, 3.63) is 0 Å². The highest BCUT2D eigenvalue weighted by Crippen LogP contribution is 2.40. The van der Waals surface area contributed by atoms with Crippen molar-refractivity contribution in [1.82, 2.24) is 5.32 Å². The van der Waals surface area contributed by atoms with Crippen LogP contribution in [0, 0.1) is 11.3 Å². The lowest BCUT2D eigenvalue weighted by molar-refractivity contribution is -0.0190. The van der Waals surface area contributed by atoms with Crippen molar-refractivity contribution in [3.63, 3.8) is 0 Å². The first-order valence-electron chi connectivity index (χ1n) is 8.37. The predicted octanol–water partition coefficient (Wildman–Crippen LogP) is 3.38. The van der Waals surface area contributed by atoms with E-state index in [1.165, 1.54) is 32.1 Å². The minimum Gasteiger partial charge on any atom is -0.378 e. The summed E-state index contributed by atoms with van der Waals surface area (Å²) in [6.45, 7) is 9.72. The first-order valence-corrected chi connectivity index (χ1v) is 8.37. The van der Waals surface area contributed by atoms with Crippen LogP contribution in [0.1, 0.15) is 59.3 Å². The number of hydrogen-bond acceptors (Lipinski definition) is 3. The fraction of sp³-hybridized carbons (Fsp3) is 1.00. The van der Waals surface area contributed by atoms with E-state index >= 15 is 0 Å². The quantitative estimate of drug-likeness (QED) is 0.810. The van der Waals surface area contributed by atoms with Crippen LogP contribution in [-0.2, 0) is 9.47 Å². The number of rotatable bonds is 6. The Morgan fingerprint density at radius 1 is 1.25 bits per heavy atom. The van der Waals surface area contributed by atoms with Gasteiger partial charge in [-0.15, -0.1) is 0 Å². The van der Waals surface area contributed by atoms with Gasteiger partial charge in [0.05, 0.1) is 6.61 Å². The molecule has 2 fully saturated rings. The minimum atomic E-state index is -0.0699. The van der Waals surface area contributed by atoms with Crippen molar-refractivity contribution in [1.29, 1.82) is 0 Å². The third-order valence-corrected chi connectivity index (χ3v) is 5.96. The Kier molecular flexibility index (Phi) is 5.49. The van der Waals surface area contributed by atoms with Crippen LogP contribution in [0.25, 0.3) is 0 Å². The van der Waals surface area contributed by atoms with Crippen LogP contribution in [0.3, 0.4) is 0 Å². The normalized spacial score (nSPS) is 35.4. The fourth-order valence-electron chi connectivity index (χ4n) is 3.66. The summed E-state index contributed by atoms with van der Waals surface area (Å²) in [6.07, 6.45) is 7.68. The minimum absolute atomic E-state index is 0.0699. The van der Waals surface area contributed by atoms with Gasteiger partial charge in [0.25, 0.3) is 0 Å². The fourth-order valence-corrected chi connectivity index (χ4v) is 3.66. The summed E-state index contributed by atoms with van der Waals surface area (Å²) in [5, 5.41) is 3.74. The molecule has 0 aromatic heterocycles. The number of hydrogen-bond donors (Lipinski definition) is 1. The molecule has 3 heteroatoms. The van der Waals surface area contributed by atoms with E-state index in [0.717, 1.165) is 32.1 Å². The first kappa shape index (κ1) is 16.3. The van der Waals surface area contributed by atoms with Gasteiger partial charge in [-0.05, 0) is 37.0 Å². The van der Waals surface area contributed by atoms with Crippen molar-refractivity contribution in [2.75, 3.05) is 26.9 Å². The van der Waals surface area contributed by atoms with Crippen molar-refractivity contribution < 1.29 is 9.47 Å². The molecule has 1 aliphatic heterocycles. The van der Waals surface area contributed by atoms with Crippen LogP contribution in [0.5, 0.6) is 0 Å². The van der Waals surface area contributed by atoms with Gasteiger partial charge in [0.2, 0.25) is 0 Å². The van der Waals surface area contributed by atoms with Gasteiger partial charge in [-0.3, -0.25) is 0 Å². The zero-order chi connectivity index (χ0) is 14.6. The molecule has 2 rings (SSSR count). The average molecular weight is 283 g/mol. The van der Waals surface area contributed by atoms with Gasteiger partial charge in [-0.2, -0.15) is 0 Å². The highest BCUT2D eigenvalue weighted by molar-refractivity contribution is 4.90. The molecule has 2 aliphatic rings. The second kappa shape index (κ2) is 6.76. The molecular weight excluding hydrogens is 250 g/mol. The van der Waals surface area contributed by atoms with Gasteiger partial charge >= 0.3 is 0 Å². The molecule has 1 saturated heterocycles. The maximum Gasteiger partial charge on any atom is 0.106 e. The van der Waals surface area contributed by atoms with Crippen LogP contribution >= 0.6 is 0 Å². The predicted molar refractivity (Wildman–Crippen MR) is 83.0 cm³/mol. The molecule has 1 heterocycles. The van der Waals surface area contributed by atoms with Gasteiger partial charge in [-0.25, -0.2) is 0 Å². The molecule has 0 amide bonds. The second-order valence-corrected chi connectivity index (χ2v) is 7.46. The molecule has 1 saturated carbocycles. The van der Waals surface area contributed by atoms with Crippen molar-refractivity contribution in [2.45, 2.75) is 70.9 Å². The lowest BCUT2D eigenvalue weighted by Crippen LogP contribution is -2.47. The summed E-state index contributed by atoms with van der Waals surface area (Å²) < 4.78 is 11.2. The van der Waals surface area contributed by atoms with Crippen molar-refractivity contribution in [2.24, 2.45) is 11.3 Å². The summed E-state index contributed by atoms with van der Waals surface area (Å²) >= 11 is 0. The Hall–Kier alpha value is -0.120. The largest absolute Gasteiger partial charge is 0.378 e. The number of nitrogens with one attached hydrogen (secondary N) is 1. The Morgan fingerprint density at radius 3 is 2.45 bits per heavy atom. The van der Waals surface area contributed by atoms with Crippen molar-refractivity contribution >= 4 is 0 Å². The molecule has 20 heavy (non-hydrogen) atoms. The van der Waals surface area contributed by atoms with Gasteiger partial charge in [-0.1, -0.05) is 27.2 Å². The molecule has 3 nitrogen and oxygen atoms in total. The Labute approximate surface area is 124 Å². The van der Waals surface area contributed by atoms with E-state index in [1.54, 1.807) is 0 Å². The van der Waals surface area contributed by atoms with Gasteiger partial charge in [0.15, 0.2) is 0 Å². The zero-order valence-electron chi connectivity index (χ0n) is 13.8. The molecular formula is C17H33NO2. The summed E-state index contributed by atoms with van der Waals surface area (Å²) in [6, 6.07) is 0.673. The number of ether oxygens (including phenoxy) is 2.